The summed E-state index contributed by atoms with van der Waals surface area (Å²) in [6, 6.07) is 13.5. The number of nitrogens with one attached hydrogen (secondary N) is 1. The average Bonchev–Trinajstić information content (AvgIpc) is 3.04. The largest absolute Gasteiger partial charge is 0.416 e. The normalized spacial score (nSPS) is 12.0. The van der Waals surface area contributed by atoms with Gasteiger partial charge in [0.25, 0.3) is 0 Å². The van der Waals surface area contributed by atoms with Crippen LogP contribution in [0.25, 0.3) is 17.0 Å². The van der Waals surface area contributed by atoms with Crippen LogP contribution in [-0.2, 0) is 12.7 Å². The third-order valence-corrected chi connectivity index (χ3v) is 4.06. The first-order valence-corrected chi connectivity index (χ1v) is 8.01. The molecule has 26 heavy (non-hydrogen) atoms. The fourth-order valence-electron chi connectivity index (χ4n) is 2.82. The number of hydrogen-bond acceptors (Lipinski definition) is 1. The molecule has 0 aliphatic rings. The molecule has 0 aliphatic carbocycles. The van der Waals surface area contributed by atoms with Gasteiger partial charge in [0.1, 0.15) is 0 Å². The molecule has 0 amide bonds. The first kappa shape index (κ1) is 20.1. The molecule has 0 fully saturated rings. The van der Waals surface area contributed by atoms with Gasteiger partial charge in [0.2, 0.25) is 0 Å². The average molecular weight is 381 g/mol. The van der Waals surface area contributed by atoms with E-state index in [0.717, 1.165) is 24.2 Å². The van der Waals surface area contributed by atoms with E-state index < -0.39 is 11.7 Å². The summed E-state index contributed by atoms with van der Waals surface area (Å²) in [5.74, 6) is 0. The lowest BCUT2D eigenvalue weighted by atomic mass is 10.1. The molecule has 6 heteroatoms. The second-order valence-corrected chi connectivity index (χ2v) is 6.08. The Labute approximate surface area is 156 Å². The number of H-pyrrole nitrogens is 1. The molecule has 0 unspecified atom stereocenters. The monoisotopic (exact) mass is 380 g/mol. The molecule has 3 aromatic rings. The van der Waals surface area contributed by atoms with Crippen LogP contribution in [0.1, 0.15) is 16.7 Å². The minimum atomic E-state index is -4.31. The Kier molecular flexibility index (Phi) is 6.51. The molecule has 0 aliphatic heterocycles. The Morgan fingerprint density at radius 1 is 1.08 bits per heavy atom. The fraction of sp³-hybridized carbons (Fsp3) is 0.200. The Morgan fingerprint density at radius 2 is 1.85 bits per heavy atom. The molecule has 0 atom stereocenters. The molecular formula is C20H20ClF3N2. The number of aromatic nitrogens is 1. The maximum Gasteiger partial charge on any atom is 0.416 e. The summed E-state index contributed by atoms with van der Waals surface area (Å²) >= 11 is 0. The van der Waals surface area contributed by atoms with Gasteiger partial charge in [0.05, 0.1) is 5.56 Å². The number of fused-ring (bicyclic) bond motifs is 1. The van der Waals surface area contributed by atoms with E-state index in [4.69, 9.17) is 0 Å². The summed E-state index contributed by atoms with van der Waals surface area (Å²) in [5, 5.41) is 1.17. The number of likely N-dealkylation sites (N-methyl/N-ethyl adjacent to an activating group) is 1. The number of benzene rings is 2. The first-order valence-electron chi connectivity index (χ1n) is 8.01. The smallest absolute Gasteiger partial charge is 0.361 e. The zero-order chi connectivity index (χ0) is 17.9. The fourth-order valence-corrected chi connectivity index (χ4v) is 2.82. The lowest BCUT2D eigenvalue weighted by Crippen LogP contribution is -2.17. The molecule has 0 bridgehead atoms. The molecule has 0 saturated carbocycles. The maximum absolute atomic E-state index is 12.7. The van der Waals surface area contributed by atoms with E-state index in [1.165, 1.54) is 17.0 Å². The Hall–Kier alpha value is -2.24. The number of para-hydroxylation sites is 1. The third-order valence-electron chi connectivity index (χ3n) is 4.06. The molecule has 2 aromatic carbocycles. The van der Waals surface area contributed by atoms with E-state index in [9.17, 15) is 13.2 Å². The van der Waals surface area contributed by atoms with Crippen molar-refractivity contribution in [3.63, 3.8) is 0 Å². The van der Waals surface area contributed by atoms with E-state index in [1.54, 1.807) is 12.1 Å². The molecule has 2 nitrogen and oxygen atoms in total. The van der Waals surface area contributed by atoms with Crippen LogP contribution in [0, 0.1) is 0 Å². The van der Waals surface area contributed by atoms with Crippen molar-refractivity contribution in [3.8, 4) is 0 Å². The van der Waals surface area contributed by atoms with Crippen LogP contribution in [0.3, 0.4) is 0 Å². The quantitative estimate of drug-likeness (QED) is 0.596. The number of rotatable bonds is 5. The van der Waals surface area contributed by atoms with E-state index >= 15 is 0 Å². The third kappa shape index (κ3) is 4.90. The number of halogens is 4. The van der Waals surface area contributed by atoms with E-state index in [0.29, 0.717) is 12.1 Å². The highest BCUT2D eigenvalue weighted by Crippen LogP contribution is 2.29. The van der Waals surface area contributed by atoms with Crippen LogP contribution in [-0.4, -0.2) is 23.5 Å². The summed E-state index contributed by atoms with van der Waals surface area (Å²) in [5.41, 5.74) is 2.24. The zero-order valence-corrected chi connectivity index (χ0v) is 15.1. The summed E-state index contributed by atoms with van der Waals surface area (Å²) < 4.78 is 38.2. The number of hydrogen-bond donors (Lipinski definition) is 1. The van der Waals surface area contributed by atoms with Crippen LogP contribution in [0.2, 0.25) is 0 Å². The summed E-state index contributed by atoms with van der Waals surface area (Å²) in [4.78, 5) is 5.36. The lowest BCUT2D eigenvalue weighted by Gasteiger charge is -2.15. The SMILES string of the molecule is CN(C/C=C/c1cccc(C(F)(F)F)c1)Cc1cccc2cc[nH]c12.Cl. The van der Waals surface area contributed by atoms with E-state index in [-0.39, 0.29) is 12.4 Å². The number of aromatic amines is 1. The van der Waals surface area contributed by atoms with E-state index in [2.05, 4.69) is 22.0 Å². The summed E-state index contributed by atoms with van der Waals surface area (Å²) in [7, 11) is 1.98. The topological polar surface area (TPSA) is 19.0 Å². The van der Waals surface area contributed by atoms with Crippen LogP contribution in [0.4, 0.5) is 13.2 Å². The molecule has 1 heterocycles. The van der Waals surface area contributed by atoms with Gasteiger partial charge in [-0.2, -0.15) is 13.2 Å². The van der Waals surface area contributed by atoms with Crippen LogP contribution < -0.4 is 0 Å². The molecule has 0 spiro atoms. The Bertz CT molecular complexity index is 884. The molecule has 3 rings (SSSR count). The second kappa shape index (κ2) is 8.43. The molecule has 138 valence electrons. The van der Waals surface area contributed by atoms with Crippen LogP contribution in [0.15, 0.2) is 60.8 Å². The maximum atomic E-state index is 12.7. The predicted molar refractivity (Wildman–Crippen MR) is 102 cm³/mol. The molecular weight excluding hydrogens is 361 g/mol. The first-order chi connectivity index (χ1) is 11.9. The van der Waals surface area contributed by atoms with Gasteiger partial charge in [-0.05, 0) is 41.8 Å². The van der Waals surface area contributed by atoms with Gasteiger partial charge in [-0.15, -0.1) is 12.4 Å². The highest BCUT2D eigenvalue weighted by Gasteiger charge is 2.30. The van der Waals surface area contributed by atoms with Crippen molar-refractivity contribution in [1.82, 2.24) is 9.88 Å². The predicted octanol–water partition coefficient (Wildman–Crippen LogP) is 5.75. The van der Waals surface area contributed by atoms with Crippen molar-refractivity contribution in [1.29, 1.82) is 0 Å². The molecule has 0 radical (unpaired) electrons. The van der Waals surface area contributed by atoms with Gasteiger partial charge in [0.15, 0.2) is 0 Å². The van der Waals surface area contributed by atoms with Gasteiger partial charge < -0.3 is 4.98 Å². The minimum Gasteiger partial charge on any atom is -0.361 e. The highest BCUT2D eigenvalue weighted by molar-refractivity contribution is 5.85. The van der Waals surface area contributed by atoms with Gasteiger partial charge in [-0.25, -0.2) is 0 Å². The van der Waals surface area contributed by atoms with Crippen molar-refractivity contribution >= 4 is 29.4 Å². The van der Waals surface area contributed by atoms with Crippen molar-refractivity contribution < 1.29 is 13.2 Å². The summed E-state index contributed by atoms with van der Waals surface area (Å²) in [6.07, 6.45) is 1.21. The van der Waals surface area contributed by atoms with Gasteiger partial charge in [-0.1, -0.05) is 42.5 Å². The number of nitrogens with zero attached hydrogens (tertiary/aromatic N) is 1. The van der Waals surface area contributed by atoms with Crippen molar-refractivity contribution in [2.75, 3.05) is 13.6 Å². The standard InChI is InChI=1S/C20H19F3N2.ClH/c1-25(14-17-8-3-7-16-10-11-24-19(16)17)12-4-6-15-5-2-9-18(13-15)20(21,22)23;/h2-11,13,24H,12,14H2,1H3;1H/b6-4+;. The minimum absolute atomic E-state index is 0. The Balaban J connectivity index is 0.00000243. The van der Waals surface area contributed by atoms with Gasteiger partial charge >= 0.3 is 6.18 Å². The highest BCUT2D eigenvalue weighted by atomic mass is 35.5. The molecule has 1 aromatic heterocycles. The molecule has 1 N–H and O–H groups in total. The Morgan fingerprint density at radius 3 is 2.62 bits per heavy atom. The van der Waals surface area contributed by atoms with Crippen molar-refractivity contribution in [3.05, 3.63) is 77.5 Å². The zero-order valence-electron chi connectivity index (χ0n) is 14.3. The van der Waals surface area contributed by atoms with Crippen LogP contribution in [0.5, 0.6) is 0 Å². The lowest BCUT2D eigenvalue weighted by molar-refractivity contribution is -0.137. The number of alkyl halides is 3. The van der Waals surface area contributed by atoms with Crippen LogP contribution >= 0.6 is 12.4 Å². The second-order valence-electron chi connectivity index (χ2n) is 6.08. The van der Waals surface area contributed by atoms with Crippen molar-refractivity contribution in [2.45, 2.75) is 12.7 Å². The van der Waals surface area contributed by atoms with Gasteiger partial charge in [-0.3, -0.25) is 4.90 Å². The van der Waals surface area contributed by atoms with Gasteiger partial charge in [0, 0.05) is 24.8 Å². The van der Waals surface area contributed by atoms with E-state index in [1.807, 2.05) is 31.5 Å². The molecule has 0 saturated heterocycles. The van der Waals surface area contributed by atoms with Crippen molar-refractivity contribution in [2.24, 2.45) is 0 Å². The summed E-state index contributed by atoms with van der Waals surface area (Å²) in [6.45, 7) is 1.40.